The topological polar surface area (TPSA) is 12.4 Å². The molecule has 0 unspecified atom stereocenters. The first kappa shape index (κ1) is 12.4. The largest absolute Gasteiger partial charge is 0.205 e. The van der Waals surface area contributed by atoms with Crippen molar-refractivity contribution in [3.8, 4) is 0 Å². The van der Waals surface area contributed by atoms with Crippen LogP contribution >= 0.6 is 12.2 Å². The molecule has 1 aliphatic rings. The van der Waals surface area contributed by atoms with Crippen molar-refractivity contribution in [3.05, 3.63) is 29.6 Å². The van der Waals surface area contributed by atoms with Crippen molar-refractivity contribution in [2.45, 2.75) is 38.5 Å². The van der Waals surface area contributed by atoms with Crippen LogP contribution in [0.1, 0.15) is 44.1 Å². The zero-order chi connectivity index (χ0) is 12.3. The highest BCUT2D eigenvalue weighted by molar-refractivity contribution is 7.78. The second-order valence-corrected chi connectivity index (χ2v) is 5.05. The van der Waals surface area contributed by atoms with Crippen LogP contribution in [0.3, 0.4) is 0 Å². The summed E-state index contributed by atoms with van der Waals surface area (Å²) in [6.45, 7) is 2.29. The second kappa shape index (κ2) is 5.52. The van der Waals surface area contributed by atoms with Crippen LogP contribution < -0.4 is 0 Å². The fourth-order valence-corrected chi connectivity index (χ4v) is 2.61. The monoisotopic (exact) mass is 249 g/mol. The third-order valence-corrected chi connectivity index (χ3v) is 3.72. The first-order chi connectivity index (χ1) is 8.20. The number of hydrogen-bond acceptors (Lipinski definition) is 2. The smallest absolute Gasteiger partial charge is 0.149 e. The molecule has 0 aromatic heterocycles. The lowest BCUT2D eigenvalue weighted by atomic mass is 9.79. The molecule has 1 aliphatic carbocycles. The SMILES string of the molecule is CC1CCC(c2ccc(N=C=S)c(F)c2)CC1. The number of benzene rings is 1. The van der Waals surface area contributed by atoms with Crippen LogP contribution in [-0.4, -0.2) is 5.16 Å². The Bertz CT molecular complexity index is 444. The van der Waals surface area contributed by atoms with Crippen molar-refractivity contribution in [1.29, 1.82) is 0 Å². The molecule has 1 fully saturated rings. The van der Waals surface area contributed by atoms with Gasteiger partial charge in [-0.2, -0.15) is 4.99 Å². The van der Waals surface area contributed by atoms with Crippen LogP contribution in [0.4, 0.5) is 10.1 Å². The van der Waals surface area contributed by atoms with Crippen molar-refractivity contribution in [3.63, 3.8) is 0 Å². The molecule has 0 saturated heterocycles. The summed E-state index contributed by atoms with van der Waals surface area (Å²) >= 11 is 4.48. The minimum atomic E-state index is -0.293. The summed E-state index contributed by atoms with van der Waals surface area (Å²) in [6.07, 6.45) is 4.81. The predicted octanol–water partition coefficient (Wildman–Crippen LogP) is 4.85. The molecule has 1 nitrogen and oxygen atoms in total. The number of hydrogen-bond donors (Lipinski definition) is 0. The van der Waals surface area contributed by atoms with Gasteiger partial charge in [0.2, 0.25) is 0 Å². The van der Waals surface area contributed by atoms with E-state index in [0.717, 1.165) is 24.3 Å². The Balaban J connectivity index is 2.17. The maximum Gasteiger partial charge on any atom is 0.149 e. The highest BCUT2D eigenvalue weighted by Crippen LogP contribution is 2.36. The minimum absolute atomic E-state index is 0.285. The van der Waals surface area contributed by atoms with Gasteiger partial charge < -0.3 is 0 Å². The quantitative estimate of drug-likeness (QED) is 0.539. The molecule has 2 rings (SSSR count). The van der Waals surface area contributed by atoms with Gasteiger partial charge in [-0.1, -0.05) is 25.8 Å². The van der Waals surface area contributed by atoms with Gasteiger partial charge in [0.25, 0.3) is 0 Å². The lowest BCUT2D eigenvalue weighted by molar-refractivity contribution is 0.347. The Kier molecular flexibility index (Phi) is 4.03. The summed E-state index contributed by atoms with van der Waals surface area (Å²) in [5, 5.41) is 2.20. The molecule has 1 aromatic carbocycles. The Labute approximate surface area is 107 Å². The van der Waals surface area contributed by atoms with E-state index in [1.54, 1.807) is 12.1 Å². The average Bonchev–Trinajstić information content (AvgIpc) is 2.33. The van der Waals surface area contributed by atoms with E-state index in [2.05, 4.69) is 29.3 Å². The Morgan fingerprint density at radius 3 is 2.59 bits per heavy atom. The maximum absolute atomic E-state index is 13.7. The maximum atomic E-state index is 13.7. The molecule has 0 N–H and O–H groups in total. The summed E-state index contributed by atoms with van der Waals surface area (Å²) in [4.78, 5) is 3.69. The fourth-order valence-electron chi connectivity index (χ4n) is 2.51. The first-order valence-corrected chi connectivity index (χ1v) is 6.49. The minimum Gasteiger partial charge on any atom is -0.205 e. The lowest BCUT2D eigenvalue weighted by Crippen LogP contribution is -2.10. The van der Waals surface area contributed by atoms with E-state index in [9.17, 15) is 4.39 Å². The van der Waals surface area contributed by atoms with Crippen LogP contribution in [0.5, 0.6) is 0 Å². The number of isothiocyanates is 1. The van der Waals surface area contributed by atoms with E-state index in [-0.39, 0.29) is 11.5 Å². The first-order valence-electron chi connectivity index (χ1n) is 6.08. The van der Waals surface area contributed by atoms with Crippen molar-refractivity contribution in [2.75, 3.05) is 0 Å². The van der Waals surface area contributed by atoms with Crippen molar-refractivity contribution in [2.24, 2.45) is 10.9 Å². The standard InChI is InChI=1S/C14H16FNS/c1-10-2-4-11(5-3-10)12-6-7-14(16-9-17)13(15)8-12/h6-8,10-11H,2-5H2,1H3. The molecule has 0 aliphatic heterocycles. The summed E-state index contributed by atoms with van der Waals surface area (Å²) in [5.41, 5.74) is 1.38. The van der Waals surface area contributed by atoms with Crippen LogP contribution in [-0.2, 0) is 0 Å². The number of aliphatic imine (C=N–C) groups is 1. The van der Waals surface area contributed by atoms with Crippen LogP contribution in [0.15, 0.2) is 23.2 Å². The molecule has 1 aromatic rings. The van der Waals surface area contributed by atoms with Gasteiger partial charge in [-0.25, -0.2) is 4.39 Å². The third kappa shape index (κ3) is 2.99. The van der Waals surface area contributed by atoms with Gasteiger partial charge in [0.1, 0.15) is 11.5 Å². The normalized spacial score (nSPS) is 24.1. The summed E-state index contributed by atoms with van der Waals surface area (Å²) in [6, 6.07) is 5.27. The van der Waals surface area contributed by atoms with Gasteiger partial charge in [-0.05, 0) is 54.6 Å². The average molecular weight is 249 g/mol. The molecular formula is C14H16FNS. The molecule has 3 heteroatoms. The van der Waals surface area contributed by atoms with Crippen LogP contribution in [0, 0.1) is 11.7 Å². The number of rotatable bonds is 2. The summed E-state index contributed by atoms with van der Waals surface area (Å²) in [5.74, 6) is 1.03. The molecule has 0 spiro atoms. The highest BCUT2D eigenvalue weighted by Gasteiger charge is 2.20. The van der Waals surface area contributed by atoms with Gasteiger partial charge >= 0.3 is 0 Å². The molecule has 0 atom stereocenters. The van der Waals surface area contributed by atoms with Crippen LogP contribution in [0.25, 0.3) is 0 Å². The molecule has 0 radical (unpaired) electrons. The molecule has 1 saturated carbocycles. The summed E-state index contributed by atoms with van der Waals surface area (Å²) < 4.78 is 13.7. The zero-order valence-corrected chi connectivity index (χ0v) is 10.8. The van der Waals surface area contributed by atoms with Crippen molar-refractivity contribution < 1.29 is 4.39 Å². The van der Waals surface area contributed by atoms with E-state index in [0.29, 0.717) is 5.92 Å². The van der Waals surface area contributed by atoms with Gasteiger partial charge in [0.15, 0.2) is 0 Å². The number of nitrogens with zero attached hydrogens (tertiary/aromatic N) is 1. The second-order valence-electron chi connectivity index (χ2n) is 4.87. The van der Waals surface area contributed by atoms with E-state index >= 15 is 0 Å². The van der Waals surface area contributed by atoms with Crippen molar-refractivity contribution in [1.82, 2.24) is 0 Å². The Morgan fingerprint density at radius 2 is 2.00 bits per heavy atom. The molecule has 17 heavy (non-hydrogen) atoms. The van der Waals surface area contributed by atoms with Gasteiger partial charge in [0.05, 0.1) is 5.16 Å². The molecule has 0 amide bonds. The van der Waals surface area contributed by atoms with Crippen molar-refractivity contribution >= 4 is 23.1 Å². The van der Waals surface area contributed by atoms with E-state index in [1.165, 1.54) is 12.8 Å². The number of halogens is 1. The molecular weight excluding hydrogens is 233 g/mol. The van der Waals surface area contributed by atoms with Gasteiger partial charge in [-0.15, -0.1) is 0 Å². The van der Waals surface area contributed by atoms with E-state index in [1.807, 2.05) is 6.07 Å². The fraction of sp³-hybridized carbons (Fsp3) is 0.500. The molecule has 90 valence electrons. The molecule has 0 bridgehead atoms. The third-order valence-electron chi connectivity index (χ3n) is 3.63. The zero-order valence-electron chi connectivity index (χ0n) is 9.95. The highest BCUT2D eigenvalue weighted by atomic mass is 32.1. The summed E-state index contributed by atoms with van der Waals surface area (Å²) in [7, 11) is 0. The lowest BCUT2D eigenvalue weighted by Gasteiger charge is -2.26. The van der Waals surface area contributed by atoms with Gasteiger partial charge in [-0.3, -0.25) is 0 Å². The van der Waals surface area contributed by atoms with E-state index in [4.69, 9.17) is 0 Å². The van der Waals surface area contributed by atoms with Gasteiger partial charge in [0, 0.05) is 0 Å². The van der Waals surface area contributed by atoms with E-state index < -0.39 is 0 Å². The predicted molar refractivity (Wildman–Crippen MR) is 71.5 cm³/mol. The van der Waals surface area contributed by atoms with Crippen LogP contribution in [0.2, 0.25) is 0 Å². The number of thiocarbonyl (C=S) groups is 1. The molecule has 0 heterocycles. The Hall–Kier alpha value is -1.05. The Morgan fingerprint density at radius 1 is 1.29 bits per heavy atom.